The van der Waals surface area contributed by atoms with Crippen molar-refractivity contribution in [3.8, 4) is 0 Å². The second-order valence-corrected chi connectivity index (χ2v) is 5.30. The van der Waals surface area contributed by atoms with Crippen molar-refractivity contribution < 1.29 is 0 Å². The first-order valence-corrected chi connectivity index (χ1v) is 6.32. The van der Waals surface area contributed by atoms with Crippen LogP contribution < -0.4 is 0 Å². The minimum Gasteiger partial charge on any atom is -0.298 e. The summed E-state index contributed by atoms with van der Waals surface area (Å²) in [5.41, 5.74) is 4.57. The van der Waals surface area contributed by atoms with Crippen LogP contribution in [0.25, 0.3) is 0 Å². The highest BCUT2D eigenvalue weighted by Crippen LogP contribution is 2.36. The fraction of sp³-hybridized carbons (Fsp3) is 0.600. The highest BCUT2D eigenvalue weighted by atomic mass is 15.1. The van der Waals surface area contributed by atoms with E-state index in [1.165, 1.54) is 24.8 Å². The summed E-state index contributed by atoms with van der Waals surface area (Å²) in [6.45, 7) is 9.56. The van der Waals surface area contributed by atoms with E-state index in [1.54, 1.807) is 11.1 Å². The molecule has 0 aromatic carbocycles. The zero-order chi connectivity index (χ0) is 11.7. The van der Waals surface area contributed by atoms with Crippen LogP contribution in [0.4, 0.5) is 0 Å². The summed E-state index contributed by atoms with van der Waals surface area (Å²) in [5.74, 6) is 0.573. The molecule has 2 unspecified atom stereocenters. The molecule has 0 N–H and O–H groups in total. The van der Waals surface area contributed by atoms with Gasteiger partial charge in [-0.05, 0) is 40.2 Å². The molecule has 0 radical (unpaired) electrons. The van der Waals surface area contributed by atoms with E-state index in [0.717, 1.165) is 6.54 Å². The predicted octanol–water partition coefficient (Wildman–Crippen LogP) is 3.55. The Morgan fingerprint density at radius 2 is 2.25 bits per heavy atom. The SMILES string of the molecule is C=C(C)C1C=C2CC/C(=C\C)CC2N(C)C1. The van der Waals surface area contributed by atoms with Gasteiger partial charge in [-0.3, -0.25) is 4.90 Å². The molecule has 2 rings (SSSR count). The van der Waals surface area contributed by atoms with Gasteiger partial charge in [0.1, 0.15) is 0 Å². The lowest BCUT2D eigenvalue weighted by Crippen LogP contribution is -2.42. The number of allylic oxidation sites excluding steroid dienone is 1. The molecular formula is C15H23N. The molecule has 88 valence electrons. The van der Waals surface area contributed by atoms with Crippen LogP contribution in [0.2, 0.25) is 0 Å². The molecule has 1 heteroatoms. The second-order valence-electron chi connectivity index (χ2n) is 5.30. The minimum absolute atomic E-state index is 0.573. The van der Waals surface area contributed by atoms with Crippen LogP contribution in [0, 0.1) is 5.92 Å². The summed E-state index contributed by atoms with van der Waals surface area (Å²) in [5, 5.41) is 0. The van der Waals surface area contributed by atoms with Gasteiger partial charge in [0, 0.05) is 18.5 Å². The molecule has 16 heavy (non-hydrogen) atoms. The lowest BCUT2D eigenvalue weighted by atomic mass is 9.80. The van der Waals surface area contributed by atoms with Crippen LogP contribution >= 0.6 is 0 Å². The van der Waals surface area contributed by atoms with Crippen molar-refractivity contribution in [2.45, 2.75) is 39.2 Å². The van der Waals surface area contributed by atoms with Gasteiger partial charge in [0.05, 0.1) is 0 Å². The number of nitrogens with zero attached hydrogens (tertiary/aromatic N) is 1. The van der Waals surface area contributed by atoms with E-state index < -0.39 is 0 Å². The van der Waals surface area contributed by atoms with Gasteiger partial charge in [-0.25, -0.2) is 0 Å². The van der Waals surface area contributed by atoms with Gasteiger partial charge in [-0.15, -0.1) is 0 Å². The molecule has 0 bridgehead atoms. The summed E-state index contributed by atoms with van der Waals surface area (Å²) in [7, 11) is 2.26. The Morgan fingerprint density at radius 3 is 2.88 bits per heavy atom. The van der Waals surface area contributed by atoms with E-state index in [-0.39, 0.29) is 0 Å². The van der Waals surface area contributed by atoms with Crippen molar-refractivity contribution in [1.29, 1.82) is 0 Å². The Balaban J connectivity index is 2.20. The van der Waals surface area contributed by atoms with E-state index in [4.69, 9.17) is 0 Å². The van der Waals surface area contributed by atoms with Crippen LogP contribution in [-0.4, -0.2) is 24.5 Å². The lowest BCUT2D eigenvalue weighted by Gasteiger charge is -2.41. The first-order valence-electron chi connectivity index (χ1n) is 6.32. The van der Waals surface area contributed by atoms with Crippen molar-refractivity contribution in [3.63, 3.8) is 0 Å². The van der Waals surface area contributed by atoms with E-state index >= 15 is 0 Å². The maximum absolute atomic E-state index is 4.10. The third-order valence-electron chi connectivity index (χ3n) is 4.09. The van der Waals surface area contributed by atoms with E-state index in [0.29, 0.717) is 12.0 Å². The average molecular weight is 217 g/mol. The molecule has 0 aromatic rings. The summed E-state index contributed by atoms with van der Waals surface area (Å²) in [6.07, 6.45) is 8.53. The molecule has 2 aliphatic rings. The Bertz CT molecular complexity index is 348. The molecule has 2 atom stereocenters. The number of hydrogen-bond donors (Lipinski definition) is 0. The molecule has 0 amide bonds. The molecular weight excluding hydrogens is 194 g/mol. The van der Waals surface area contributed by atoms with Crippen molar-refractivity contribution >= 4 is 0 Å². The molecule has 0 aromatic heterocycles. The van der Waals surface area contributed by atoms with E-state index in [2.05, 4.69) is 44.5 Å². The highest BCUT2D eigenvalue weighted by molar-refractivity contribution is 5.28. The summed E-state index contributed by atoms with van der Waals surface area (Å²) < 4.78 is 0. The molecule has 1 heterocycles. The minimum atomic E-state index is 0.573. The van der Waals surface area contributed by atoms with Gasteiger partial charge in [0.2, 0.25) is 0 Å². The Hall–Kier alpha value is -0.820. The Kier molecular flexibility index (Phi) is 3.34. The summed E-state index contributed by atoms with van der Waals surface area (Å²) in [4.78, 5) is 2.51. The summed E-state index contributed by atoms with van der Waals surface area (Å²) >= 11 is 0. The maximum atomic E-state index is 4.10. The monoisotopic (exact) mass is 217 g/mol. The normalized spacial score (nSPS) is 33.4. The fourth-order valence-corrected chi connectivity index (χ4v) is 2.90. The molecule has 0 saturated heterocycles. The molecule has 0 spiro atoms. The van der Waals surface area contributed by atoms with Gasteiger partial charge >= 0.3 is 0 Å². The first kappa shape index (κ1) is 11.7. The largest absolute Gasteiger partial charge is 0.298 e. The van der Waals surface area contributed by atoms with Crippen molar-refractivity contribution in [3.05, 3.63) is 35.5 Å². The Morgan fingerprint density at radius 1 is 1.50 bits per heavy atom. The molecule has 1 fully saturated rings. The first-order chi connectivity index (χ1) is 7.61. The van der Waals surface area contributed by atoms with Gasteiger partial charge < -0.3 is 0 Å². The third-order valence-corrected chi connectivity index (χ3v) is 4.09. The van der Waals surface area contributed by atoms with Crippen LogP contribution in [-0.2, 0) is 0 Å². The van der Waals surface area contributed by atoms with Gasteiger partial charge in [0.15, 0.2) is 0 Å². The highest BCUT2D eigenvalue weighted by Gasteiger charge is 2.30. The standard InChI is InChI=1S/C15H23N/c1-5-12-6-7-13-9-14(11(2)3)10-16(4)15(13)8-12/h5,9,14-15H,2,6-8,10H2,1,3-4H3/b12-5+. The van der Waals surface area contributed by atoms with E-state index in [9.17, 15) is 0 Å². The maximum Gasteiger partial charge on any atom is 0.0342 e. The lowest BCUT2D eigenvalue weighted by molar-refractivity contribution is 0.223. The van der Waals surface area contributed by atoms with Crippen LogP contribution in [0.15, 0.2) is 35.5 Å². The van der Waals surface area contributed by atoms with Crippen molar-refractivity contribution in [2.75, 3.05) is 13.6 Å². The quantitative estimate of drug-likeness (QED) is 0.607. The van der Waals surface area contributed by atoms with Gasteiger partial charge in [0.25, 0.3) is 0 Å². The van der Waals surface area contributed by atoms with Crippen molar-refractivity contribution in [2.24, 2.45) is 5.92 Å². The summed E-state index contributed by atoms with van der Waals surface area (Å²) in [6, 6.07) is 0.663. The topological polar surface area (TPSA) is 3.24 Å². The molecule has 1 aliphatic heterocycles. The number of hydrogen-bond acceptors (Lipinski definition) is 1. The van der Waals surface area contributed by atoms with Crippen LogP contribution in [0.5, 0.6) is 0 Å². The smallest absolute Gasteiger partial charge is 0.0342 e. The number of likely N-dealkylation sites (N-methyl/N-ethyl adjacent to an activating group) is 1. The van der Waals surface area contributed by atoms with Gasteiger partial charge in [-0.2, -0.15) is 0 Å². The van der Waals surface area contributed by atoms with Crippen molar-refractivity contribution in [1.82, 2.24) is 4.90 Å². The van der Waals surface area contributed by atoms with Gasteiger partial charge in [-0.1, -0.05) is 35.5 Å². The molecule has 1 nitrogen and oxygen atoms in total. The number of fused-ring (bicyclic) bond motifs is 1. The molecule has 1 aliphatic carbocycles. The third kappa shape index (κ3) is 2.15. The fourth-order valence-electron chi connectivity index (χ4n) is 2.90. The molecule has 1 saturated carbocycles. The zero-order valence-corrected chi connectivity index (χ0v) is 10.8. The average Bonchev–Trinajstić information content (AvgIpc) is 2.28. The van der Waals surface area contributed by atoms with E-state index in [1.807, 2.05) is 0 Å². The number of rotatable bonds is 1. The van der Waals surface area contributed by atoms with Crippen LogP contribution in [0.3, 0.4) is 0 Å². The van der Waals surface area contributed by atoms with Crippen LogP contribution in [0.1, 0.15) is 33.1 Å². The second kappa shape index (κ2) is 4.58. The zero-order valence-electron chi connectivity index (χ0n) is 10.8. The predicted molar refractivity (Wildman–Crippen MR) is 70.4 cm³/mol. The Labute approximate surface area is 99.5 Å².